The zero-order chi connectivity index (χ0) is 24.6. The molecule has 0 saturated carbocycles. The van der Waals surface area contributed by atoms with Crippen LogP contribution in [0.15, 0.2) is 90.1 Å². The molecule has 2 unspecified atom stereocenters. The second-order valence-electron chi connectivity index (χ2n) is 10.6. The molecule has 3 aromatic rings. The Morgan fingerprint density at radius 1 is 0.771 bits per heavy atom. The lowest BCUT2D eigenvalue weighted by Gasteiger charge is -2.34. The average molecular weight is 466 g/mol. The van der Waals surface area contributed by atoms with Gasteiger partial charge >= 0.3 is 0 Å². The summed E-state index contributed by atoms with van der Waals surface area (Å²) in [7, 11) is 0. The predicted octanol–water partition coefficient (Wildman–Crippen LogP) is 6.78. The lowest BCUT2D eigenvalue weighted by Crippen LogP contribution is -2.38. The van der Waals surface area contributed by atoms with Gasteiger partial charge in [0, 0.05) is 30.0 Å². The molecule has 1 N–H and O–H groups in total. The summed E-state index contributed by atoms with van der Waals surface area (Å²) in [5.74, 6) is 1.34. The first-order valence-electron chi connectivity index (χ1n) is 12.3. The summed E-state index contributed by atoms with van der Waals surface area (Å²) < 4.78 is 6.01. The van der Waals surface area contributed by atoms with Crippen molar-refractivity contribution in [2.75, 3.05) is 0 Å². The minimum Gasteiger partial charge on any atom is -0.457 e. The van der Waals surface area contributed by atoms with E-state index in [9.17, 15) is 9.59 Å². The van der Waals surface area contributed by atoms with Crippen LogP contribution in [0.25, 0.3) is 0 Å². The maximum Gasteiger partial charge on any atom is 0.225 e. The minimum atomic E-state index is -0.255. The maximum absolute atomic E-state index is 13.5. The summed E-state index contributed by atoms with van der Waals surface area (Å²) in [5, 5.41) is 3.03. The van der Waals surface area contributed by atoms with Crippen molar-refractivity contribution in [3.8, 4) is 11.5 Å². The smallest absolute Gasteiger partial charge is 0.225 e. The molecule has 0 saturated heterocycles. The fraction of sp³-hybridized carbons (Fsp3) is 0.290. The molecule has 0 spiro atoms. The highest BCUT2D eigenvalue weighted by Gasteiger charge is 2.38. The van der Waals surface area contributed by atoms with E-state index in [1.807, 2.05) is 54.6 Å². The molecule has 0 fully saturated rings. The van der Waals surface area contributed by atoms with E-state index in [2.05, 4.69) is 50.4 Å². The standard InChI is InChI=1S/C31H31NO3/c1-31(2,3)23-14-12-20(13-15-23)22-17-27-30(28(33)18-22)26(19-29(34)32-27)21-8-7-11-25(16-21)35-24-9-5-4-6-10-24/h4-16,22,26H,17-19H2,1-3H3,(H,32,34). The number of Topliss-reactive ketones (excluding diaryl/α,β-unsaturated/α-hetero) is 1. The third-order valence-corrected chi connectivity index (χ3v) is 7.02. The van der Waals surface area contributed by atoms with Crippen molar-refractivity contribution in [3.63, 3.8) is 0 Å². The zero-order valence-corrected chi connectivity index (χ0v) is 20.5. The summed E-state index contributed by atoms with van der Waals surface area (Å²) in [6, 6.07) is 25.9. The van der Waals surface area contributed by atoms with Gasteiger partial charge in [0.15, 0.2) is 5.78 Å². The molecule has 35 heavy (non-hydrogen) atoms. The molecule has 4 heteroatoms. The number of ketones is 1. The monoisotopic (exact) mass is 465 g/mol. The van der Waals surface area contributed by atoms with Crippen molar-refractivity contribution in [2.45, 2.75) is 57.3 Å². The molecule has 4 nitrogen and oxygen atoms in total. The van der Waals surface area contributed by atoms with Gasteiger partial charge in [0.05, 0.1) is 0 Å². The highest BCUT2D eigenvalue weighted by atomic mass is 16.5. The number of hydrogen-bond donors (Lipinski definition) is 1. The van der Waals surface area contributed by atoms with Crippen LogP contribution in [0.4, 0.5) is 0 Å². The van der Waals surface area contributed by atoms with Crippen molar-refractivity contribution in [1.29, 1.82) is 0 Å². The molecule has 0 bridgehead atoms. The van der Waals surface area contributed by atoms with Crippen LogP contribution in [0.5, 0.6) is 11.5 Å². The van der Waals surface area contributed by atoms with Gasteiger partial charge < -0.3 is 10.1 Å². The predicted molar refractivity (Wildman–Crippen MR) is 138 cm³/mol. The third-order valence-electron chi connectivity index (χ3n) is 7.02. The normalized spacial score (nSPS) is 20.3. The first kappa shape index (κ1) is 23.1. The lowest BCUT2D eigenvalue weighted by molar-refractivity contribution is -0.122. The van der Waals surface area contributed by atoms with Crippen LogP contribution in [-0.4, -0.2) is 11.7 Å². The fourth-order valence-electron chi connectivity index (χ4n) is 5.16. The number of nitrogens with one attached hydrogen (secondary N) is 1. The highest BCUT2D eigenvalue weighted by Crippen LogP contribution is 2.43. The van der Waals surface area contributed by atoms with Crippen LogP contribution >= 0.6 is 0 Å². The second-order valence-corrected chi connectivity index (χ2v) is 10.6. The highest BCUT2D eigenvalue weighted by molar-refractivity contribution is 6.02. The molecule has 3 aromatic carbocycles. The van der Waals surface area contributed by atoms with E-state index in [0.29, 0.717) is 18.6 Å². The van der Waals surface area contributed by atoms with Crippen LogP contribution in [0.2, 0.25) is 0 Å². The van der Waals surface area contributed by atoms with E-state index in [0.717, 1.165) is 28.1 Å². The quantitative estimate of drug-likeness (QED) is 0.462. The summed E-state index contributed by atoms with van der Waals surface area (Å²) in [5.41, 5.74) is 4.97. The molecule has 1 aliphatic carbocycles. The molecule has 1 amide bonds. The number of hydrogen-bond acceptors (Lipinski definition) is 3. The van der Waals surface area contributed by atoms with Crippen molar-refractivity contribution in [1.82, 2.24) is 5.32 Å². The van der Waals surface area contributed by atoms with Gasteiger partial charge in [-0.3, -0.25) is 9.59 Å². The van der Waals surface area contributed by atoms with E-state index < -0.39 is 0 Å². The number of para-hydroxylation sites is 1. The molecule has 5 rings (SSSR count). The zero-order valence-electron chi connectivity index (χ0n) is 20.5. The van der Waals surface area contributed by atoms with Crippen LogP contribution in [0, 0.1) is 0 Å². The number of amides is 1. The second kappa shape index (κ2) is 9.18. The van der Waals surface area contributed by atoms with Crippen molar-refractivity contribution >= 4 is 11.7 Å². The van der Waals surface area contributed by atoms with E-state index >= 15 is 0 Å². The van der Waals surface area contributed by atoms with Crippen molar-refractivity contribution in [2.24, 2.45) is 0 Å². The van der Waals surface area contributed by atoms with E-state index in [1.54, 1.807) is 0 Å². The Morgan fingerprint density at radius 2 is 1.49 bits per heavy atom. The van der Waals surface area contributed by atoms with E-state index in [1.165, 1.54) is 5.56 Å². The number of carbonyl (C=O) groups is 2. The van der Waals surface area contributed by atoms with Gasteiger partial charge in [0.1, 0.15) is 11.5 Å². The van der Waals surface area contributed by atoms with Gasteiger partial charge in [-0.05, 0) is 58.7 Å². The summed E-state index contributed by atoms with van der Waals surface area (Å²) in [4.78, 5) is 26.2. The summed E-state index contributed by atoms with van der Waals surface area (Å²) in [6.07, 6.45) is 1.39. The van der Waals surface area contributed by atoms with Gasteiger partial charge in [0.2, 0.25) is 5.91 Å². The maximum atomic E-state index is 13.5. The molecule has 0 aromatic heterocycles. The van der Waals surface area contributed by atoms with Gasteiger partial charge in [-0.2, -0.15) is 0 Å². The average Bonchev–Trinajstić information content (AvgIpc) is 2.83. The molecule has 178 valence electrons. The van der Waals surface area contributed by atoms with Gasteiger partial charge in [-0.15, -0.1) is 0 Å². The van der Waals surface area contributed by atoms with Gasteiger partial charge in [0.25, 0.3) is 0 Å². The molecule has 0 radical (unpaired) electrons. The SMILES string of the molecule is CC(C)(C)c1ccc(C2CC(=O)C3=C(C2)NC(=O)CC3c2cccc(Oc3ccccc3)c2)cc1. The Balaban J connectivity index is 1.42. The Hall–Kier alpha value is -3.66. The number of benzene rings is 3. The molecule has 2 atom stereocenters. The Labute approximate surface area is 207 Å². The summed E-state index contributed by atoms with van der Waals surface area (Å²) >= 11 is 0. The van der Waals surface area contributed by atoms with E-state index in [-0.39, 0.29) is 35.4 Å². The Bertz CT molecular complexity index is 1280. The molecular weight excluding hydrogens is 434 g/mol. The third kappa shape index (κ3) is 4.93. The molecule has 1 aliphatic heterocycles. The lowest BCUT2D eigenvalue weighted by atomic mass is 9.73. The van der Waals surface area contributed by atoms with E-state index in [4.69, 9.17) is 4.74 Å². The minimum absolute atomic E-state index is 0.0420. The van der Waals surface area contributed by atoms with Crippen molar-refractivity contribution < 1.29 is 14.3 Å². The van der Waals surface area contributed by atoms with Gasteiger partial charge in [-0.25, -0.2) is 0 Å². The summed E-state index contributed by atoms with van der Waals surface area (Å²) in [6.45, 7) is 6.59. The number of ether oxygens (including phenoxy) is 1. The van der Waals surface area contributed by atoms with Crippen LogP contribution in [0.3, 0.4) is 0 Å². The molecule has 1 heterocycles. The number of allylic oxidation sites excluding steroid dienone is 2. The number of rotatable bonds is 4. The first-order valence-corrected chi connectivity index (χ1v) is 12.3. The fourth-order valence-corrected chi connectivity index (χ4v) is 5.16. The van der Waals surface area contributed by atoms with Gasteiger partial charge in [-0.1, -0.05) is 75.4 Å². The van der Waals surface area contributed by atoms with Crippen LogP contribution in [-0.2, 0) is 15.0 Å². The topological polar surface area (TPSA) is 55.4 Å². The molecule has 2 aliphatic rings. The van der Waals surface area contributed by atoms with Crippen LogP contribution < -0.4 is 10.1 Å². The first-order chi connectivity index (χ1) is 16.8. The Kier molecular flexibility index (Phi) is 6.06. The molecular formula is C31H31NO3. The largest absolute Gasteiger partial charge is 0.457 e. The van der Waals surface area contributed by atoms with Crippen LogP contribution in [0.1, 0.15) is 68.6 Å². The Morgan fingerprint density at radius 3 is 2.20 bits per heavy atom. The van der Waals surface area contributed by atoms with Crippen molar-refractivity contribution in [3.05, 3.63) is 107 Å². The number of carbonyl (C=O) groups excluding carboxylic acids is 2.